The van der Waals surface area contributed by atoms with Gasteiger partial charge in [-0.3, -0.25) is 0 Å². The molecule has 2 aliphatic heterocycles. The molecule has 0 bridgehead atoms. The maximum atomic E-state index is 12.3. The summed E-state index contributed by atoms with van der Waals surface area (Å²) in [4.78, 5) is 2.29. The lowest BCUT2D eigenvalue weighted by Gasteiger charge is -2.33. The van der Waals surface area contributed by atoms with E-state index in [1.807, 2.05) is 42.5 Å². The van der Waals surface area contributed by atoms with Crippen LogP contribution in [0.5, 0.6) is 28.7 Å². The number of piperidine rings is 2. The van der Waals surface area contributed by atoms with Crippen molar-refractivity contribution in [1.82, 2.24) is 5.32 Å². The van der Waals surface area contributed by atoms with Crippen molar-refractivity contribution in [2.75, 3.05) is 31.1 Å². The van der Waals surface area contributed by atoms with Crippen molar-refractivity contribution in [1.29, 1.82) is 0 Å². The van der Waals surface area contributed by atoms with E-state index in [1.165, 1.54) is 48.5 Å². The third kappa shape index (κ3) is 12.6. The van der Waals surface area contributed by atoms with E-state index in [-0.39, 0.29) is 23.7 Å². The molecule has 0 amide bonds. The zero-order valence-corrected chi connectivity index (χ0v) is 27.1. The highest BCUT2D eigenvalue weighted by atomic mass is 19.4. The number of hydrogen-bond donors (Lipinski definition) is 1. The number of nitrogens with one attached hydrogen (secondary N) is 1. The molecule has 4 aromatic rings. The molecule has 1 N–H and O–H groups in total. The maximum absolute atomic E-state index is 12.3. The fourth-order valence-corrected chi connectivity index (χ4v) is 5.46. The third-order valence-electron chi connectivity index (χ3n) is 7.90. The van der Waals surface area contributed by atoms with Crippen LogP contribution >= 0.6 is 0 Å². The molecule has 0 saturated carbocycles. The molecular formula is C37H38F6N2O5. The van der Waals surface area contributed by atoms with Crippen LogP contribution in [-0.2, 0) is 6.61 Å². The Morgan fingerprint density at radius 2 is 0.980 bits per heavy atom. The minimum atomic E-state index is -4.69. The van der Waals surface area contributed by atoms with Gasteiger partial charge in [0.25, 0.3) is 0 Å². The summed E-state index contributed by atoms with van der Waals surface area (Å²) in [6.45, 7) is 4.01. The largest absolute Gasteiger partial charge is 0.573 e. The Hall–Kier alpha value is -4.78. The number of anilines is 1. The van der Waals surface area contributed by atoms with Gasteiger partial charge in [0.1, 0.15) is 47.6 Å². The van der Waals surface area contributed by atoms with Gasteiger partial charge in [-0.25, -0.2) is 0 Å². The molecule has 2 heterocycles. The highest BCUT2D eigenvalue weighted by Crippen LogP contribution is 2.29. The smallest absolute Gasteiger partial charge is 0.490 e. The number of nitrogens with zero attached hydrogens (tertiary/aromatic N) is 1. The first-order chi connectivity index (χ1) is 24.0. The van der Waals surface area contributed by atoms with Crippen LogP contribution in [0.4, 0.5) is 32.0 Å². The van der Waals surface area contributed by atoms with Gasteiger partial charge in [-0.2, -0.15) is 0 Å². The average molecular weight is 705 g/mol. The average Bonchev–Trinajstić information content (AvgIpc) is 3.10. The molecule has 50 heavy (non-hydrogen) atoms. The SMILES string of the molecule is FC(F)(F)Oc1ccc(OC2CCN(c3ccc(OCc4ccccc4)cc3)CC2)cc1.FC(F)(F)Oc1ccc(OC2CCNCC2)cc1. The topological polar surface area (TPSA) is 61.4 Å². The van der Waals surface area contributed by atoms with Crippen LogP contribution in [0.15, 0.2) is 103 Å². The highest BCUT2D eigenvalue weighted by molar-refractivity contribution is 5.49. The van der Waals surface area contributed by atoms with Gasteiger partial charge in [0.2, 0.25) is 0 Å². The van der Waals surface area contributed by atoms with Gasteiger partial charge in [-0.05, 0) is 104 Å². The molecule has 2 aliphatic rings. The standard InChI is InChI=1S/C25H24F3NO3.C12H14F3NO2/c26-25(27,28)32-24-12-10-22(11-13-24)31-23-14-16-29(17-15-23)20-6-8-21(9-7-20)30-18-19-4-2-1-3-5-19;13-12(14,15)18-11-3-1-9(2-4-11)17-10-5-7-16-8-6-10/h1-13,23H,14-18H2;1-4,10,16H,5-8H2. The van der Waals surface area contributed by atoms with Crippen LogP contribution in [0.1, 0.15) is 31.2 Å². The zero-order valence-electron chi connectivity index (χ0n) is 27.1. The molecule has 0 atom stereocenters. The Bertz CT molecular complexity index is 1560. The monoisotopic (exact) mass is 704 g/mol. The van der Waals surface area contributed by atoms with Crippen molar-refractivity contribution in [3.8, 4) is 28.7 Å². The van der Waals surface area contributed by atoms with Crippen LogP contribution in [0.2, 0.25) is 0 Å². The van der Waals surface area contributed by atoms with Crippen LogP contribution in [-0.4, -0.2) is 51.1 Å². The second-order valence-electron chi connectivity index (χ2n) is 11.7. The fraction of sp³-hybridized carbons (Fsp3) is 0.351. The summed E-state index contributed by atoms with van der Waals surface area (Å²) in [6.07, 6.45) is -5.74. The second kappa shape index (κ2) is 17.2. The first-order valence-electron chi connectivity index (χ1n) is 16.2. The Kier molecular flexibility index (Phi) is 12.6. The number of benzene rings is 4. The molecule has 268 valence electrons. The molecule has 0 spiro atoms. The van der Waals surface area contributed by atoms with E-state index in [1.54, 1.807) is 0 Å². The van der Waals surface area contributed by atoms with E-state index in [9.17, 15) is 26.3 Å². The van der Waals surface area contributed by atoms with Gasteiger partial charge in [-0.15, -0.1) is 26.3 Å². The van der Waals surface area contributed by atoms with Crippen molar-refractivity contribution in [2.45, 2.75) is 57.2 Å². The lowest BCUT2D eigenvalue weighted by atomic mass is 10.1. The van der Waals surface area contributed by atoms with E-state index in [2.05, 4.69) is 31.8 Å². The summed E-state index contributed by atoms with van der Waals surface area (Å²) in [7, 11) is 0. The molecule has 0 aliphatic carbocycles. The number of rotatable bonds is 10. The predicted molar refractivity (Wildman–Crippen MR) is 176 cm³/mol. The van der Waals surface area contributed by atoms with Gasteiger partial charge >= 0.3 is 12.7 Å². The molecule has 0 aromatic heterocycles. The van der Waals surface area contributed by atoms with Crippen molar-refractivity contribution >= 4 is 5.69 Å². The summed E-state index contributed by atoms with van der Waals surface area (Å²) in [6, 6.07) is 29.1. The molecule has 0 radical (unpaired) electrons. The van der Waals surface area contributed by atoms with E-state index < -0.39 is 12.7 Å². The summed E-state index contributed by atoms with van der Waals surface area (Å²) < 4.78 is 97.7. The van der Waals surface area contributed by atoms with Crippen LogP contribution in [0.3, 0.4) is 0 Å². The van der Waals surface area contributed by atoms with Crippen molar-refractivity contribution in [2.24, 2.45) is 0 Å². The van der Waals surface area contributed by atoms with E-state index >= 15 is 0 Å². The van der Waals surface area contributed by atoms with Crippen molar-refractivity contribution in [3.63, 3.8) is 0 Å². The van der Waals surface area contributed by atoms with Crippen molar-refractivity contribution < 1.29 is 50.0 Å². The van der Waals surface area contributed by atoms with Gasteiger partial charge in [0, 0.05) is 31.6 Å². The summed E-state index contributed by atoms with van der Waals surface area (Å²) in [5, 5.41) is 3.21. The molecule has 2 fully saturated rings. The molecule has 2 saturated heterocycles. The Morgan fingerprint density at radius 3 is 1.46 bits per heavy atom. The first-order valence-corrected chi connectivity index (χ1v) is 16.2. The van der Waals surface area contributed by atoms with Crippen LogP contribution < -0.4 is 33.9 Å². The predicted octanol–water partition coefficient (Wildman–Crippen LogP) is 8.93. The van der Waals surface area contributed by atoms with Gasteiger partial charge < -0.3 is 33.9 Å². The third-order valence-corrected chi connectivity index (χ3v) is 7.90. The summed E-state index contributed by atoms with van der Waals surface area (Å²) in [5.41, 5.74) is 2.25. The Balaban J connectivity index is 0.000000228. The number of halogens is 6. The minimum Gasteiger partial charge on any atom is -0.490 e. The number of hydrogen-bond acceptors (Lipinski definition) is 7. The molecule has 4 aromatic carbocycles. The maximum Gasteiger partial charge on any atom is 0.573 e. The summed E-state index contributed by atoms with van der Waals surface area (Å²) >= 11 is 0. The van der Waals surface area contributed by atoms with Crippen LogP contribution in [0, 0.1) is 0 Å². The number of alkyl halides is 6. The second-order valence-corrected chi connectivity index (χ2v) is 11.7. The highest BCUT2D eigenvalue weighted by Gasteiger charge is 2.32. The first kappa shape index (κ1) is 36.5. The molecule has 7 nitrogen and oxygen atoms in total. The molecular weight excluding hydrogens is 666 g/mol. The minimum absolute atomic E-state index is 0.0223. The molecule has 0 unspecified atom stereocenters. The Labute approximate surface area is 286 Å². The number of ether oxygens (including phenoxy) is 5. The van der Waals surface area contributed by atoms with E-state index in [0.29, 0.717) is 18.1 Å². The van der Waals surface area contributed by atoms with E-state index in [4.69, 9.17) is 14.2 Å². The van der Waals surface area contributed by atoms with E-state index in [0.717, 1.165) is 68.9 Å². The van der Waals surface area contributed by atoms with Crippen LogP contribution in [0.25, 0.3) is 0 Å². The Morgan fingerprint density at radius 1 is 0.540 bits per heavy atom. The lowest BCUT2D eigenvalue weighted by Crippen LogP contribution is -2.38. The molecule has 13 heteroatoms. The fourth-order valence-electron chi connectivity index (χ4n) is 5.46. The van der Waals surface area contributed by atoms with Gasteiger partial charge in [0.05, 0.1) is 0 Å². The quantitative estimate of drug-likeness (QED) is 0.166. The van der Waals surface area contributed by atoms with Gasteiger partial charge in [-0.1, -0.05) is 30.3 Å². The lowest BCUT2D eigenvalue weighted by molar-refractivity contribution is -0.275. The normalized spacial score (nSPS) is 15.8. The molecule has 6 rings (SSSR count). The zero-order chi connectivity index (χ0) is 35.4. The van der Waals surface area contributed by atoms with Gasteiger partial charge in [0.15, 0.2) is 0 Å². The summed E-state index contributed by atoms with van der Waals surface area (Å²) in [5.74, 6) is 1.44. The van der Waals surface area contributed by atoms with Crippen molar-refractivity contribution in [3.05, 3.63) is 109 Å².